The van der Waals surface area contributed by atoms with Gasteiger partial charge < -0.3 is 14.2 Å². The molecule has 1 amide bonds. The van der Waals surface area contributed by atoms with E-state index in [1.807, 2.05) is 35.0 Å². The normalized spacial score (nSPS) is 16.9. The minimum Gasteiger partial charge on any atom is -0.373 e. The average Bonchev–Trinajstić information content (AvgIpc) is 3.40. The van der Waals surface area contributed by atoms with Gasteiger partial charge in [-0.05, 0) is 24.6 Å². The third-order valence-electron chi connectivity index (χ3n) is 4.70. The van der Waals surface area contributed by atoms with Gasteiger partial charge in [0.25, 0.3) is 5.89 Å². The molecule has 8 heteroatoms. The van der Waals surface area contributed by atoms with Crippen LogP contribution in [-0.4, -0.2) is 39.0 Å². The van der Waals surface area contributed by atoms with Crippen molar-refractivity contribution >= 4 is 11.6 Å². The van der Waals surface area contributed by atoms with Gasteiger partial charge in [-0.25, -0.2) is 0 Å². The Bertz CT molecular complexity index is 953. The lowest BCUT2D eigenvalue weighted by Crippen LogP contribution is -2.23. The zero-order valence-electron chi connectivity index (χ0n) is 14.1. The Morgan fingerprint density at radius 3 is 2.96 bits per heavy atom. The molecule has 0 bridgehead atoms. The Labute approximate surface area is 149 Å². The molecular formula is C18H17N5O3. The second-order valence-corrected chi connectivity index (χ2v) is 6.42. The first-order valence-electron chi connectivity index (χ1n) is 8.67. The summed E-state index contributed by atoms with van der Waals surface area (Å²) in [5.74, 6) is 1.02. The number of amides is 1. The van der Waals surface area contributed by atoms with E-state index in [0.29, 0.717) is 37.0 Å². The molecule has 1 aromatic carbocycles. The number of fused-ring (bicyclic) bond motifs is 1. The number of ether oxygens (including phenoxy) is 1. The van der Waals surface area contributed by atoms with Crippen molar-refractivity contribution in [1.82, 2.24) is 19.9 Å². The monoisotopic (exact) mass is 351 g/mol. The van der Waals surface area contributed by atoms with E-state index >= 15 is 0 Å². The van der Waals surface area contributed by atoms with Crippen molar-refractivity contribution in [1.29, 1.82) is 0 Å². The largest absolute Gasteiger partial charge is 0.373 e. The van der Waals surface area contributed by atoms with Crippen LogP contribution >= 0.6 is 0 Å². The molecule has 0 aliphatic carbocycles. The lowest BCUT2D eigenvalue weighted by atomic mass is 10.2. The number of benzene rings is 1. The summed E-state index contributed by atoms with van der Waals surface area (Å²) in [6.07, 6.45) is 1.50. The van der Waals surface area contributed by atoms with Crippen LogP contribution in [0.15, 0.2) is 34.9 Å². The molecule has 5 rings (SSSR count). The minimum atomic E-state index is 0.154. The molecule has 2 aliphatic heterocycles. The molecular weight excluding hydrogens is 334 g/mol. The van der Waals surface area contributed by atoms with Crippen LogP contribution in [0.4, 0.5) is 5.69 Å². The molecule has 8 nitrogen and oxygen atoms in total. The van der Waals surface area contributed by atoms with Crippen molar-refractivity contribution in [2.45, 2.75) is 26.0 Å². The SMILES string of the molecule is O=C1CCCN1c1cccc(-c2noc(-c3cc4n(n3)CCOC4)n2)c1. The van der Waals surface area contributed by atoms with Crippen molar-refractivity contribution in [2.75, 3.05) is 18.1 Å². The van der Waals surface area contributed by atoms with Gasteiger partial charge in [0.2, 0.25) is 11.7 Å². The fourth-order valence-corrected chi connectivity index (χ4v) is 3.38. The van der Waals surface area contributed by atoms with Crippen LogP contribution in [0.5, 0.6) is 0 Å². The summed E-state index contributed by atoms with van der Waals surface area (Å²) in [6.45, 7) is 2.68. The van der Waals surface area contributed by atoms with Gasteiger partial charge in [-0.3, -0.25) is 9.48 Å². The summed E-state index contributed by atoms with van der Waals surface area (Å²) < 4.78 is 12.7. The predicted octanol–water partition coefficient (Wildman–Crippen LogP) is 2.26. The third-order valence-corrected chi connectivity index (χ3v) is 4.70. The van der Waals surface area contributed by atoms with Crippen LogP contribution in [0.1, 0.15) is 18.5 Å². The van der Waals surface area contributed by atoms with Gasteiger partial charge in [-0.15, -0.1) is 0 Å². The van der Waals surface area contributed by atoms with E-state index < -0.39 is 0 Å². The first-order chi connectivity index (χ1) is 12.8. The summed E-state index contributed by atoms with van der Waals surface area (Å²) >= 11 is 0. The number of carbonyl (C=O) groups is 1. The molecule has 26 heavy (non-hydrogen) atoms. The molecule has 0 spiro atoms. The Morgan fingerprint density at radius 2 is 2.12 bits per heavy atom. The van der Waals surface area contributed by atoms with E-state index in [4.69, 9.17) is 9.26 Å². The Balaban J connectivity index is 1.45. The van der Waals surface area contributed by atoms with E-state index in [2.05, 4.69) is 15.2 Å². The van der Waals surface area contributed by atoms with E-state index in [0.717, 1.165) is 36.5 Å². The predicted molar refractivity (Wildman–Crippen MR) is 92.2 cm³/mol. The zero-order valence-corrected chi connectivity index (χ0v) is 14.1. The number of nitrogens with zero attached hydrogens (tertiary/aromatic N) is 5. The summed E-state index contributed by atoms with van der Waals surface area (Å²) in [7, 11) is 0. The standard InChI is InChI=1S/C18H17N5O3/c24-16-5-2-6-22(16)13-4-1-3-12(9-13)17-19-18(26-21-17)15-10-14-11-25-8-7-23(14)20-15/h1,3-4,9-10H,2,5-8,11H2. The van der Waals surface area contributed by atoms with E-state index in [9.17, 15) is 4.79 Å². The van der Waals surface area contributed by atoms with E-state index in [1.165, 1.54) is 0 Å². The fraction of sp³-hybridized carbons (Fsp3) is 0.333. The van der Waals surface area contributed by atoms with Gasteiger partial charge in [0, 0.05) is 24.2 Å². The molecule has 1 fully saturated rings. The number of aromatic nitrogens is 4. The van der Waals surface area contributed by atoms with Crippen molar-refractivity contribution in [3.05, 3.63) is 36.0 Å². The molecule has 4 heterocycles. The molecule has 0 radical (unpaired) electrons. The lowest BCUT2D eigenvalue weighted by Gasteiger charge is -2.15. The van der Waals surface area contributed by atoms with Crippen molar-refractivity contribution < 1.29 is 14.1 Å². The molecule has 3 aromatic rings. The van der Waals surface area contributed by atoms with Crippen LogP contribution in [0.3, 0.4) is 0 Å². The van der Waals surface area contributed by atoms with E-state index in [1.54, 1.807) is 4.90 Å². The molecule has 2 aromatic heterocycles. The highest BCUT2D eigenvalue weighted by Crippen LogP contribution is 2.28. The van der Waals surface area contributed by atoms with Gasteiger partial charge in [0.1, 0.15) is 0 Å². The molecule has 0 unspecified atom stereocenters. The average molecular weight is 351 g/mol. The highest BCUT2D eigenvalue weighted by Gasteiger charge is 2.23. The number of hydrogen-bond acceptors (Lipinski definition) is 6. The number of anilines is 1. The van der Waals surface area contributed by atoms with Crippen LogP contribution < -0.4 is 4.90 Å². The molecule has 0 atom stereocenters. The number of rotatable bonds is 3. The highest BCUT2D eigenvalue weighted by atomic mass is 16.5. The second kappa shape index (κ2) is 6.06. The molecule has 132 valence electrons. The van der Waals surface area contributed by atoms with Crippen LogP contribution in [0.25, 0.3) is 23.0 Å². The first kappa shape index (κ1) is 15.3. The third kappa shape index (κ3) is 2.59. The maximum absolute atomic E-state index is 12.0. The summed E-state index contributed by atoms with van der Waals surface area (Å²) in [5.41, 5.74) is 3.33. The quantitative estimate of drug-likeness (QED) is 0.719. The van der Waals surface area contributed by atoms with Gasteiger partial charge in [0.05, 0.1) is 25.5 Å². The van der Waals surface area contributed by atoms with E-state index in [-0.39, 0.29) is 5.91 Å². The first-order valence-corrected chi connectivity index (χ1v) is 8.67. The topological polar surface area (TPSA) is 86.3 Å². The maximum Gasteiger partial charge on any atom is 0.278 e. The zero-order chi connectivity index (χ0) is 17.5. The second-order valence-electron chi connectivity index (χ2n) is 6.42. The highest BCUT2D eigenvalue weighted by molar-refractivity contribution is 5.95. The molecule has 0 saturated carbocycles. The van der Waals surface area contributed by atoms with Crippen molar-refractivity contribution in [3.63, 3.8) is 0 Å². The van der Waals surface area contributed by atoms with Crippen molar-refractivity contribution in [3.8, 4) is 23.0 Å². The molecule has 1 saturated heterocycles. The Kier molecular flexibility index (Phi) is 3.56. The van der Waals surface area contributed by atoms with Gasteiger partial charge in [0.15, 0.2) is 5.69 Å². The smallest absolute Gasteiger partial charge is 0.278 e. The van der Waals surface area contributed by atoms with Gasteiger partial charge in [-0.1, -0.05) is 17.3 Å². The number of hydrogen-bond donors (Lipinski definition) is 0. The number of carbonyl (C=O) groups excluding carboxylic acids is 1. The lowest BCUT2D eigenvalue weighted by molar-refractivity contribution is -0.117. The minimum absolute atomic E-state index is 0.154. The Morgan fingerprint density at radius 1 is 1.15 bits per heavy atom. The van der Waals surface area contributed by atoms with Crippen molar-refractivity contribution in [2.24, 2.45) is 0 Å². The van der Waals surface area contributed by atoms with Crippen LogP contribution in [-0.2, 0) is 22.7 Å². The summed E-state index contributed by atoms with van der Waals surface area (Å²) in [5, 5.41) is 8.59. The fourth-order valence-electron chi connectivity index (χ4n) is 3.38. The molecule has 2 aliphatic rings. The maximum atomic E-state index is 12.0. The van der Waals surface area contributed by atoms with Gasteiger partial charge >= 0.3 is 0 Å². The van der Waals surface area contributed by atoms with Gasteiger partial charge in [-0.2, -0.15) is 10.1 Å². The Hall–Kier alpha value is -3.00. The summed E-state index contributed by atoms with van der Waals surface area (Å²) in [6, 6.07) is 9.57. The molecule has 0 N–H and O–H groups in total. The van der Waals surface area contributed by atoms with Crippen LogP contribution in [0.2, 0.25) is 0 Å². The summed E-state index contributed by atoms with van der Waals surface area (Å²) in [4.78, 5) is 18.2. The van der Waals surface area contributed by atoms with Crippen LogP contribution in [0, 0.1) is 0 Å².